The summed E-state index contributed by atoms with van der Waals surface area (Å²) in [6, 6.07) is 23.2. The summed E-state index contributed by atoms with van der Waals surface area (Å²) in [7, 11) is 0. The van der Waals surface area contributed by atoms with Crippen LogP contribution in [0.15, 0.2) is 100 Å². The molecule has 3 aromatic carbocycles. The van der Waals surface area contributed by atoms with Crippen molar-refractivity contribution >= 4 is 69.9 Å². The van der Waals surface area contributed by atoms with E-state index >= 15 is 0 Å². The summed E-state index contributed by atoms with van der Waals surface area (Å²) in [4.78, 5) is 39.4. The molecule has 1 unspecified atom stereocenters. The number of nitrogens with one attached hydrogen (secondary N) is 3. The van der Waals surface area contributed by atoms with E-state index in [1.165, 1.54) is 23.1 Å². The Hall–Kier alpha value is -3.85. The van der Waals surface area contributed by atoms with Crippen LogP contribution in [-0.4, -0.2) is 23.0 Å². The minimum Gasteiger partial charge on any atom is -0.325 e. The quantitative estimate of drug-likeness (QED) is 0.145. The number of halogens is 1. The van der Waals surface area contributed by atoms with E-state index in [2.05, 4.69) is 16.0 Å². The van der Waals surface area contributed by atoms with Gasteiger partial charge < -0.3 is 16.0 Å². The van der Waals surface area contributed by atoms with Crippen LogP contribution in [0.25, 0.3) is 6.08 Å². The second-order valence-electron chi connectivity index (χ2n) is 8.58. The van der Waals surface area contributed by atoms with Gasteiger partial charge in [-0.2, -0.15) is 11.3 Å². The molecule has 3 N–H and O–H groups in total. The van der Waals surface area contributed by atoms with Gasteiger partial charge in [0.05, 0.1) is 5.25 Å². The van der Waals surface area contributed by atoms with Gasteiger partial charge in [0.25, 0.3) is 11.8 Å². The summed E-state index contributed by atoms with van der Waals surface area (Å²) < 4.78 is 0. The molecule has 4 rings (SSSR count). The lowest BCUT2D eigenvalue weighted by Gasteiger charge is -2.15. The van der Waals surface area contributed by atoms with Crippen LogP contribution in [0.2, 0.25) is 5.02 Å². The molecule has 3 amide bonds. The molecule has 0 saturated heterocycles. The van der Waals surface area contributed by atoms with E-state index < -0.39 is 5.91 Å². The summed E-state index contributed by atoms with van der Waals surface area (Å²) in [5.74, 6) is -0.963. The van der Waals surface area contributed by atoms with Crippen molar-refractivity contribution in [1.29, 1.82) is 0 Å². The highest BCUT2D eigenvalue weighted by molar-refractivity contribution is 8.00. The van der Waals surface area contributed by atoms with Gasteiger partial charge in [0, 0.05) is 26.9 Å². The van der Waals surface area contributed by atoms with Gasteiger partial charge in [-0.1, -0.05) is 35.9 Å². The van der Waals surface area contributed by atoms with Gasteiger partial charge in [0.15, 0.2) is 0 Å². The van der Waals surface area contributed by atoms with Crippen molar-refractivity contribution in [2.75, 3.05) is 10.6 Å². The fourth-order valence-electron chi connectivity index (χ4n) is 3.52. The Morgan fingerprint density at radius 3 is 2.36 bits per heavy atom. The fraction of sp³-hybridized carbons (Fsp3) is 0.100. The predicted octanol–water partition coefficient (Wildman–Crippen LogP) is 7.24. The van der Waals surface area contributed by atoms with Crippen molar-refractivity contribution in [2.24, 2.45) is 0 Å². The average molecular weight is 576 g/mol. The largest absolute Gasteiger partial charge is 0.325 e. The van der Waals surface area contributed by atoms with E-state index in [1.807, 2.05) is 54.9 Å². The monoisotopic (exact) mass is 575 g/mol. The molecule has 6 nitrogen and oxygen atoms in total. The highest BCUT2D eigenvalue weighted by Crippen LogP contribution is 2.28. The van der Waals surface area contributed by atoms with Crippen LogP contribution < -0.4 is 16.0 Å². The van der Waals surface area contributed by atoms with Crippen LogP contribution in [0, 0.1) is 6.92 Å². The Labute approximate surface area is 240 Å². The fourth-order valence-corrected chi connectivity index (χ4v) is 5.18. The lowest BCUT2D eigenvalue weighted by Crippen LogP contribution is -2.30. The summed E-state index contributed by atoms with van der Waals surface area (Å²) in [6.45, 7) is 3.68. The van der Waals surface area contributed by atoms with Gasteiger partial charge in [-0.25, -0.2) is 0 Å². The van der Waals surface area contributed by atoms with E-state index in [9.17, 15) is 14.4 Å². The van der Waals surface area contributed by atoms with Crippen molar-refractivity contribution in [3.8, 4) is 0 Å². The normalized spacial score (nSPS) is 11.9. The first-order valence-corrected chi connectivity index (χ1v) is 14.2. The van der Waals surface area contributed by atoms with E-state index in [1.54, 1.807) is 54.6 Å². The van der Waals surface area contributed by atoms with Gasteiger partial charge in [-0.3, -0.25) is 14.4 Å². The Morgan fingerprint density at radius 1 is 0.923 bits per heavy atom. The predicted molar refractivity (Wildman–Crippen MR) is 161 cm³/mol. The van der Waals surface area contributed by atoms with Crippen LogP contribution in [0.1, 0.15) is 28.4 Å². The first kappa shape index (κ1) is 28.2. The zero-order valence-corrected chi connectivity index (χ0v) is 23.6. The van der Waals surface area contributed by atoms with Crippen LogP contribution in [0.5, 0.6) is 0 Å². The number of hydrogen-bond acceptors (Lipinski definition) is 5. The van der Waals surface area contributed by atoms with Crippen molar-refractivity contribution in [1.82, 2.24) is 5.32 Å². The maximum atomic E-state index is 13.1. The zero-order valence-electron chi connectivity index (χ0n) is 21.2. The van der Waals surface area contributed by atoms with Crippen molar-refractivity contribution < 1.29 is 14.4 Å². The molecule has 1 aromatic heterocycles. The van der Waals surface area contributed by atoms with E-state index in [-0.39, 0.29) is 22.8 Å². The molecule has 0 saturated carbocycles. The van der Waals surface area contributed by atoms with Gasteiger partial charge in [-0.15, -0.1) is 11.8 Å². The van der Waals surface area contributed by atoms with Crippen molar-refractivity contribution in [2.45, 2.75) is 24.0 Å². The molecule has 198 valence electrons. The second kappa shape index (κ2) is 13.3. The highest BCUT2D eigenvalue weighted by atomic mass is 35.5. The van der Waals surface area contributed by atoms with E-state index in [4.69, 9.17) is 11.6 Å². The van der Waals surface area contributed by atoms with Crippen molar-refractivity contribution in [3.63, 3.8) is 0 Å². The summed E-state index contributed by atoms with van der Waals surface area (Å²) in [5.41, 5.74) is 3.45. The van der Waals surface area contributed by atoms with Crippen molar-refractivity contribution in [3.05, 3.63) is 117 Å². The third-order valence-electron chi connectivity index (χ3n) is 5.70. The molecular formula is C30H26ClN3O3S2. The lowest BCUT2D eigenvalue weighted by atomic mass is 10.2. The minimum absolute atomic E-state index is 0.127. The number of amides is 3. The SMILES string of the molecule is Cc1c(Cl)cccc1NC(=O)C(C)Sc1ccc(NC(=O)/C(=C/c2ccsc2)NC(=O)c2ccccc2)cc1. The average Bonchev–Trinajstić information content (AvgIpc) is 3.45. The molecule has 4 aromatic rings. The van der Waals surface area contributed by atoms with E-state index in [0.29, 0.717) is 22.0 Å². The Bertz CT molecular complexity index is 1490. The molecule has 0 fully saturated rings. The number of rotatable bonds is 9. The number of anilines is 2. The van der Waals surface area contributed by atoms with Gasteiger partial charge in [0.2, 0.25) is 5.91 Å². The first-order chi connectivity index (χ1) is 18.8. The number of benzene rings is 3. The Balaban J connectivity index is 1.40. The molecule has 0 radical (unpaired) electrons. The number of carbonyl (C=O) groups is 3. The number of carbonyl (C=O) groups excluding carboxylic acids is 3. The standard InChI is InChI=1S/C30H26ClN3O3S2/c1-19-25(31)9-6-10-26(19)33-28(35)20(2)39-24-13-11-23(12-14-24)32-30(37)27(17-21-15-16-38-18-21)34-29(36)22-7-4-3-5-8-22/h3-18,20H,1-2H3,(H,32,37)(H,33,35)(H,34,36)/b27-17-. The molecule has 0 aliphatic rings. The second-order valence-corrected chi connectivity index (χ2v) is 11.2. The van der Waals surface area contributed by atoms with E-state index in [0.717, 1.165) is 16.0 Å². The molecule has 39 heavy (non-hydrogen) atoms. The van der Waals surface area contributed by atoms with Crippen LogP contribution in [-0.2, 0) is 9.59 Å². The highest BCUT2D eigenvalue weighted by Gasteiger charge is 2.17. The summed E-state index contributed by atoms with van der Waals surface area (Å²) in [5, 5.41) is 12.5. The first-order valence-electron chi connectivity index (χ1n) is 12.0. The maximum Gasteiger partial charge on any atom is 0.272 e. The number of thioether (sulfide) groups is 1. The lowest BCUT2D eigenvalue weighted by molar-refractivity contribution is -0.115. The third kappa shape index (κ3) is 7.83. The maximum absolute atomic E-state index is 13.1. The van der Waals surface area contributed by atoms with Crippen LogP contribution in [0.4, 0.5) is 11.4 Å². The zero-order chi connectivity index (χ0) is 27.8. The smallest absolute Gasteiger partial charge is 0.272 e. The summed E-state index contributed by atoms with van der Waals surface area (Å²) in [6.07, 6.45) is 1.64. The molecule has 0 spiro atoms. The van der Waals surface area contributed by atoms with Gasteiger partial charge in [0.1, 0.15) is 5.70 Å². The molecule has 0 aliphatic heterocycles. The van der Waals surface area contributed by atoms with Gasteiger partial charge in [-0.05, 0) is 96.4 Å². The molecule has 9 heteroatoms. The molecule has 1 atom stereocenters. The van der Waals surface area contributed by atoms with Gasteiger partial charge >= 0.3 is 0 Å². The molecule has 1 heterocycles. The third-order valence-corrected chi connectivity index (χ3v) is 7.93. The minimum atomic E-state index is -0.449. The van der Waals surface area contributed by atoms with Crippen LogP contribution >= 0.6 is 34.7 Å². The van der Waals surface area contributed by atoms with Crippen LogP contribution in [0.3, 0.4) is 0 Å². The number of thiophene rings is 1. The molecule has 0 bridgehead atoms. The molecular weight excluding hydrogens is 550 g/mol. The molecule has 0 aliphatic carbocycles. The Kier molecular flexibility index (Phi) is 9.59. The summed E-state index contributed by atoms with van der Waals surface area (Å²) >= 11 is 9.05. The Morgan fingerprint density at radius 2 is 1.67 bits per heavy atom. The topological polar surface area (TPSA) is 87.3 Å². The number of hydrogen-bond donors (Lipinski definition) is 3.